The molecule has 0 fully saturated rings. The van der Waals surface area contributed by atoms with Crippen LogP contribution in [-0.2, 0) is 30.5 Å². The molecule has 0 aliphatic rings. The number of nitrogens with two attached hydrogens (primary N) is 1. The van der Waals surface area contributed by atoms with Gasteiger partial charge in [-0.3, -0.25) is 19.2 Å². The van der Waals surface area contributed by atoms with E-state index in [1.807, 2.05) is 6.07 Å². The molecule has 0 spiro atoms. The Morgan fingerprint density at radius 1 is 1.03 bits per heavy atom. The Labute approximate surface area is 167 Å². The highest BCUT2D eigenvalue weighted by atomic mass is 16.5. The number of amides is 3. The summed E-state index contributed by atoms with van der Waals surface area (Å²) < 4.78 is 5.03. The molecule has 3 atom stereocenters. The summed E-state index contributed by atoms with van der Waals surface area (Å²) in [7, 11) is 0. The second kappa shape index (κ2) is 11.4. The number of nitrogens with one attached hydrogen (secondary N) is 2. The van der Waals surface area contributed by atoms with E-state index in [9.17, 15) is 24.0 Å². The fraction of sp³-hybridized carbons (Fsp3) is 0.421. The summed E-state index contributed by atoms with van der Waals surface area (Å²) in [5.74, 6) is -4.27. The standard InChI is InChI=1S/C19H25N3O7/c1-11(18(27)22-14(17(20)26)9-16(24)25)8-15(23)12(2)21-19(28)29-10-13-6-4-3-5-7-13/h3-7,11-12,14H,8-10H2,1-2H3,(H2,20,26)(H,21,28)(H,22,27)(H,24,25)/t11-,12+,14+/m1/s1. The van der Waals surface area contributed by atoms with Gasteiger partial charge in [-0.25, -0.2) is 4.79 Å². The van der Waals surface area contributed by atoms with Crippen LogP contribution < -0.4 is 16.4 Å². The summed E-state index contributed by atoms with van der Waals surface area (Å²) >= 11 is 0. The minimum Gasteiger partial charge on any atom is -0.481 e. The van der Waals surface area contributed by atoms with Crippen LogP contribution in [0.25, 0.3) is 0 Å². The van der Waals surface area contributed by atoms with Crippen LogP contribution in [0.15, 0.2) is 30.3 Å². The molecule has 5 N–H and O–H groups in total. The van der Waals surface area contributed by atoms with Gasteiger partial charge in [0, 0.05) is 12.3 Å². The van der Waals surface area contributed by atoms with Crippen molar-refractivity contribution >= 4 is 29.7 Å². The van der Waals surface area contributed by atoms with E-state index in [2.05, 4.69) is 10.6 Å². The predicted molar refractivity (Wildman–Crippen MR) is 101 cm³/mol. The summed E-state index contributed by atoms with van der Waals surface area (Å²) in [5, 5.41) is 13.3. The van der Waals surface area contributed by atoms with Gasteiger partial charge in [-0.15, -0.1) is 0 Å². The maximum Gasteiger partial charge on any atom is 0.408 e. The first kappa shape index (κ1) is 23.6. The molecule has 0 unspecified atom stereocenters. The molecule has 1 rings (SSSR count). The van der Waals surface area contributed by atoms with Crippen LogP contribution in [0.5, 0.6) is 0 Å². The molecule has 158 valence electrons. The molecule has 29 heavy (non-hydrogen) atoms. The van der Waals surface area contributed by atoms with E-state index in [1.165, 1.54) is 13.8 Å². The SMILES string of the molecule is C[C@H](CC(=O)[C@H](C)NC(=O)OCc1ccccc1)C(=O)N[C@@H](CC(=O)O)C(N)=O. The number of aliphatic carboxylic acids is 1. The molecule has 0 saturated carbocycles. The van der Waals surface area contributed by atoms with E-state index in [-0.39, 0.29) is 13.0 Å². The quantitative estimate of drug-likeness (QED) is 0.410. The summed E-state index contributed by atoms with van der Waals surface area (Å²) in [6.45, 7) is 2.93. The van der Waals surface area contributed by atoms with Gasteiger partial charge in [0.05, 0.1) is 12.5 Å². The zero-order valence-electron chi connectivity index (χ0n) is 16.2. The molecule has 0 aliphatic carbocycles. The Morgan fingerprint density at radius 2 is 1.66 bits per heavy atom. The number of carbonyl (C=O) groups excluding carboxylic acids is 4. The average Bonchev–Trinajstić information content (AvgIpc) is 2.65. The molecular weight excluding hydrogens is 382 g/mol. The minimum atomic E-state index is -1.37. The lowest BCUT2D eigenvalue weighted by Crippen LogP contribution is -2.48. The lowest BCUT2D eigenvalue weighted by atomic mass is 9.99. The third-order valence-electron chi connectivity index (χ3n) is 4.02. The largest absolute Gasteiger partial charge is 0.481 e. The Hall–Kier alpha value is -3.43. The molecule has 0 heterocycles. The summed E-state index contributed by atoms with van der Waals surface area (Å²) in [6.07, 6.45) is -1.67. The van der Waals surface area contributed by atoms with Gasteiger partial charge in [0.1, 0.15) is 12.6 Å². The van der Waals surface area contributed by atoms with E-state index in [1.54, 1.807) is 24.3 Å². The van der Waals surface area contributed by atoms with Crippen molar-refractivity contribution in [3.05, 3.63) is 35.9 Å². The summed E-state index contributed by atoms with van der Waals surface area (Å²) in [5.41, 5.74) is 5.85. The number of carbonyl (C=O) groups is 5. The van der Waals surface area contributed by atoms with Crippen LogP contribution in [-0.4, -0.2) is 46.9 Å². The first-order valence-corrected chi connectivity index (χ1v) is 8.91. The molecular formula is C19H25N3O7. The highest BCUT2D eigenvalue weighted by Gasteiger charge is 2.26. The third kappa shape index (κ3) is 8.87. The Morgan fingerprint density at radius 3 is 2.21 bits per heavy atom. The smallest absolute Gasteiger partial charge is 0.408 e. The lowest BCUT2D eigenvalue weighted by molar-refractivity contribution is -0.140. The van der Waals surface area contributed by atoms with Crippen LogP contribution >= 0.6 is 0 Å². The van der Waals surface area contributed by atoms with Gasteiger partial charge in [-0.1, -0.05) is 37.3 Å². The third-order valence-corrected chi connectivity index (χ3v) is 4.02. The van der Waals surface area contributed by atoms with Crippen molar-refractivity contribution in [2.75, 3.05) is 0 Å². The number of carboxylic acid groups (broad SMARTS) is 1. The van der Waals surface area contributed by atoms with Crippen molar-refractivity contribution in [1.29, 1.82) is 0 Å². The van der Waals surface area contributed by atoms with Crippen LogP contribution in [0, 0.1) is 5.92 Å². The monoisotopic (exact) mass is 407 g/mol. The number of rotatable bonds is 11. The zero-order valence-corrected chi connectivity index (χ0v) is 16.2. The molecule has 0 bridgehead atoms. The Bertz CT molecular complexity index is 751. The van der Waals surface area contributed by atoms with Crippen LogP contribution in [0.1, 0.15) is 32.3 Å². The van der Waals surface area contributed by atoms with Gasteiger partial charge in [-0.2, -0.15) is 0 Å². The molecule has 0 aliphatic heterocycles. The highest BCUT2D eigenvalue weighted by molar-refractivity contribution is 5.93. The van der Waals surface area contributed by atoms with Crippen LogP contribution in [0.2, 0.25) is 0 Å². The molecule has 10 nitrogen and oxygen atoms in total. The number of ether oxygens (including phenoxy) is 1. The number of hydrogen-bond donors (Lipinski definition) is 4. The number of carboxylic acids is 1. The normalized spacial score (nSPS) is 13.4. The first-order chi connectivity index (χ1) is 13.6. The lowest BCUT2D eigenvalue weighted by Gasteiger charge is -2.18. The summed E-state index contributed by atoms with van der Waals surface area (Å²) in [6, 6.07) is 6.72. The Balaban J connectivity index is 2.47. The van der Waals surface area contributed by atoms with Crippen molar-refractivity contribution in [3.63, 3.8) is 0 Å². The zero-order chi connectivity index (χ0) is 22.0. The first-order valence-electron chi connectivity index (χ1n) is 8.91. The molecule has 0 radical (unpaired) electrons. The van der Waals surface area contributed by atoms with Crippen molar-refractivity contribution < 1.29 is 33.8 Å². The maximum absolute atomic E-state index is 12.2. The number of benzene rings is 1. The number of alkyl carbamates (subject to hydrolysis) is 1. The average molecular weight is 407 g/mol. The molecule has 10 heteroatoms. The minimum absolute atomic E-state index is 0.0461. The molecule has 3 amide bonds. The maximum atomic E-state index is 12.2. The van der Waals surface area contributed by atoms with Gasteiger partial charge in [0.15, 0.2) is 5.78 Å². The van der Waals surface area contributed by atoms with Gasteiger partial charge in [-0.05, 0) is 12.5 Å². The van der Waals surface area contributed by atoms with Crippen LogP contribution in [0.4, 0.5) is 4.79 Å². The molecule has 0 saturated heterocycles. The van der Waals surface area contributed by atoms with Gasteiger partial charge < -0.3 is 26.2 Å². The van der Waals surface area contributed by atoms with E-state index in [4.69, 9.17) is 15.6 Å². The second-order valence-corrected chi connectivity index (χ2v) is 6.56. The van der Waals surface area contributed by atoms with Crippen molar-refractivity contribution in [2.45, 2.75) is 45.4 Å². The predicted octanol–water partition coefficient (Wildman–Crippen LogP) is 0.341. The van der Waals surface area contributed by atoms with Gasteiger partial charge >= 0.3 is 12.1 Å². The Kier molecular flexibility index (Phi) is 9.30. The van der Waals surface area contributed by atoms with Gasteiger partial charge in [0.25, 0.3) is 0 Å². The fourth-order valence-corrected chi connectivity index (χ4v) is 2.30. The number of hydrogen-bond acceptors (Lipinski definition) is 6. The molecule has 1 aromatic rings. The second-order valence-electron chi connectivity index (χ2n) is 6.56. The highest BCUT2D eigenvalue weighted by Crippen LogP contribution is 2.07. The van der Waals surface area contributed by atoms with Crippen molar-refractivity contribution in [1.82, 2.24) is 10.6 Å². The molecule has 1 aromatic carbocycles. The number of ketones is 1. The van der Waals surface area contributed by atoms with Crippen molar-refractivity contribution in [3.8, 4) is 0 Å². The number of primary amides is 1. The van der Waals surface area contributed by atoms with Crippen molar-refractivity contribution in [2.24, 2.45) is 11.7 Å². The van der Waals surface area contributed by atoms with Crippen LogP contribution in [0.3, 0.4) is 0 Å². The van der Waals surface area contributed by atoms with E-state index < -0.39 is 54.1 Å². The van der Waals surface area contributed by atoms with Gasteiger partial charge in [0.2, 0.25) is 11.8 Å². The van der Waals surface area contributed by atoms with E-state index in [0.717, 1.165) is 5.56 Å². The van der Waals surface area contributed by atoms with E-state index in [0.29, 0.717) is 0 Å². The van der Waals surface area contributed by atoms with E-state index >= 15 is 0 Å². The molecule has 0 aromatic heterocycles. The summed E-state index contributed by atoms with van der Waals surface area (Å²) in [4.78, 5) is 58.1. The number of Topliss-reactive ketones (excluding diaryl/α,β-unsaturated/α-hetero) is 1. The topological polar surface area (TPSA) is 165 Å². The fourth-order valence-electron chi connectivity index (χ4n) is 2.30.